The minimum absolute atomic E-state index is 0.00640. The molecule has 1 unspecified atom stereocenters. The molecule has 0 bridgehead atoms. The fourth-order valence-electron chi connectivity index (χ4n) is 2.10. The van der Waals surface area contributed by atoms with Gasteiger partial charge in [-0.25, -0.2) is 0 Å². The van der Waals surface area contributed by atoms with Gasteiger partial charge in [0.15, 0.2) is 0 Å². The molecule has 0 aromatic heterocycles. The number of ether oxygens (including phenoxy) is 1. The maximum atomic E-state index is 11.5. The minimum Gasteiger partial charge on any atom is -0.377 e. The summed E-state index contributed by atoms with van der Waals surface area (Å²) in [6.07, 6.45) is 3.65. The van der Waals surface area contributed by atoms with Crippen molar-refractivity contribution in [2.45, 2.75) is 15.5 Å². The van der Waals surface area contributed by atoms with Gasteiger partial charge in [0.05, 0.1) is 19.8 Å². The molecule has 9 heteroatoms. The molecule has 0 saturated carbocycles. The van der Waals surface area contributed by atoms with Crippen LogP contribution in [0, 0.1) is 22.7 Å². The van der Waals surface area contributed by atoms with Crippen LogP contribution in [0.1, 0.15) is 13.8 Å². The van der Waals surface area contributed by atoms with Crippen molar-refractivity contribution in [3.05, 3.63) is 34.7 Å². The average molecular weight is 573 g/mol. The van der Waals surface area contributed by atoms with Crippen molar-refractivity contribution in [1.82, 2.24) is 4.90 Å². The van der Waals surface area contributed by atoms with E-state index in [9.17, 15) is 4.57 Å². The van der Waals surface area contributed by atoms with Crippen LogP contribution in [0.5, 0.6) is 0 Å². The number of halogens is 2. The summed E-state index contributed by atoms with van der Waals surface area (Å²) in [6.45, 7) is 5.74. The summed E-state index contributed by atoms with van der Waals surface area (Å²) in [4.78, 5) is 2.06. The van der Waals surface area contributed by atoms with Gasteiger partial charge in [-0.15, -0.1) is 0 Å². The Balaban J connectivity index is 2.46. The van der Waals surface area contributed by atoms with Crippen molar-refractivity contribution in [1.29, 1.82) is 10.5 Å². The topological polar surface area (TPSA) is 86.3 Å². The SMILES string of the molecule is CC1=CC(=C(C#N)C#N)C=C(C)N1CCOCCO[PH](=O)C(I)I. The number of hydrogen-bond acceptors (Lipinski definition) is 6. The standard InChI is InChI=1S/C15H18I2N3O3P/c1-11-7-13(14(9-18)10-19)8-12(2)20(11)3-4-22-5-6-23-24(21)15(16)17/h7-8,15,24H,3-6H2,1-2H3. The molecule has 0 fully saturated rings. The van der Waals surface area contributed by atoms with Crippen LogP contribution in [0.25, 0.3) is 0 Å². The third-order valence-corrected chi connectivity index (χ3v) is 7.10. The molecule has 0 radical (unpaired) electrons. The van der Waals surface area contributed by atoms with Gasteiger partial charge in [-0.3, -0.25) is 4.57 Å². The average Bonchev–Trinajstić information content (AvgIpc) is 2.53. The molecule has 6 nitrogen and oxygen atoms in total. The molecule has 1 aliphatic rings. The lowest BCUT2D eigenvalue weighted by molar-refractivity contribution is 0.0932. The molecule has 1 rings (SSSR count). The predicted molar refractivity (Wildman–Crippen MR) is 110 cm³/mol. The zero-order valence-electron chi connectivity index (χ0n) is 13.4. The summed E-state index contributed by atoms with van der Waals surface area (Å²) in [5.74, 6) is 0. The van der Waals surface area contributed by atoms with Crippen molar-refractivity contribution < 1.29 is 13.8 Å². The van der Waals surface area contributed by atoms with Crippen molar-refractivity contribution in [3.63, 3.8) is 0 Å². The highest BCUT2D eigenvalue weighted by Gasteiger charge is 2.15. The molecule has 0 aromatic rings. The van der Waals surface area contributed by atoms with Gasteiger partial charge in [-0.2, -0.15) is 10.5 Å². The smallest absolute Gasteiger partial charge is 0.213 e. The van der Waals surface area contributed by atoms with E-state index in [-0.39, 0.29) is 7.25 Å². The third kappa shape index (κ3) is 6.85. The van der Waals surface area contributed by atoms with E-state index in [2.05, 4.69) is 50.1 Å². The lowest BCUT2D eigenvalue weighted by atomic mass is 10.0. The molecular formula is C15H18I2N3O3P. The fourth-order valence-corrected chi connectivity index (χ4v) is 3.59. The lowest BCUT2D eigenvalue weighted by Crippen LogP contribution is -2.26. The van der Waals surface area contributed by atoms with E-state index in [4.69, 9.17) is 19.8 Å². The molecule has 0 amide bonds. The Morgan fingerprint density at radius 3 is 2.29 bits per heavy atom. The van der Waals surface area contributed by atoms with Crippen molar-refractivity contribution in [3.8, 4) is 12.1 Å². The molecule has 1 heterocycles. The second-order valence-electron chi connectivity index (χ2n) is 4.86. The summed E-state index contributed by atoms with van der Waals surface area (Å²) in [6, 6.07) is 3.82. The van der Waals surface area contributed by atoms with E-state index in [1.807, 2.05) is 38.1 Å². The lowest BCUT2D eigenvalue weighted by Gasteiger charge is -2.29. The van der Waals surface area contributed by atoms with Crippen LogP contribution in [0.4, 0.5) is 0 Å². The first kappa shape index (κ1) is 21.7. The van der Waals surface area contributed by atoms with Crippen LogP contribution in [-0.2, 0) is 13.8 Å². The first-order valence-electron chi connectivity index (χ1n) is 7.11. The second kappa shape index (κ2) is 11.3. The Labute approximate surface area is 170 Å². The molecule has 0 N–H and O–H groups in total. The zero-order chi connectivity index (χ0) is 18.1. The fraction of sp³-hybridized carbons (Fsp3) is 0.467. The van der Waals surface area contributed by atoms with Gasteiger partial charge in [0, 0.05) is 23.5 Å². The number of rotatable bonds is 8. The molecule has 0 saturated heterocycles. The maximum Gasteiger partial charge on any atom is 0.213 e. The van der Waals surface area contributed by atoms with Gasteiger partial charge in [0.1, 0.15) is 19.4 Å². The van der Waals surface area contributed by atoms with Crippen LogP contribution in [0.15, 0.2) is 34.7 Å². The first-order valence-corrected chi connectivity index (χ1v) is 11.0. The Morgan fingerprint density at radius 2 is 1.79 bits per heavy atom. The van der Waals surface area contributed by atoms with E-state index in [0.717, 1.165) is 11.4 Å². The third-order valence-electron chi connectivity index (χ3n) is 3.20. The Kier molecular flexibility index (Phi) is 10.2. The van der Waals surface area contributed by atoms with E-state index < -0.39 is 8.03 Å². The number of nitriles is 2. The van der Waals surface area contributed by atoms with Crippen molar-refractivity contribution in [2.75, 3.05) is 26.4 Å². The van der Waals surface area contributed by atoms with E-state index >= 15 is 0 Å². The van der Waals surface area contributed by atoms with Crippen LogP contribution in [0.2, 0.25) is 0 Å². The highest BCUT2D eigenvalue weighted by atomic mass is 127. The normalized spacial score (nSPS) is 15.5. The monoisotopic (exact) mass is 573 g/mol. The van der Waals surface area contributed by atoms with Gasteiger partial charge >= 0.3 is 0 Å². The van der Waals surface area contributed by atoms with E-state index in [1.165, 1.54) is 0 Å². The number of hydrogen-bond donors (Lipinski definition) is 0. The van der Waals surface area contributed by atoms with Crippen LogP contribution in [0.3, 0.4) is 0 Å². The molecule has 0 aliphatic carbocycles. The van der Waals surface area contributed by atoms with Gasteiger partial charge in [0.25, 0.3) is 0 Å². The molecular weight excluding hydrogens is 555 g/mol. The summed E-state index contributed by atoms with van der Waals surface area (Å²) < 4.78 is 22.2. The second-order valence-corrected chi connectivity index (χ2v) is 13.6. The summed E-state index contributed by atoms with van der Waals surface area (Å²) in [7, 11) is -1.99. The number of alkyl halides is 2. The van der Waals surface area contributed by atoms with Crippen LogP contribution in [-0.4, -0.2) is 32.9 Å². The highest BCUT2D eigenvalue weighted by Crippen LogP contribution is 2.38. The predicted octanol–water partition coefficient (Wildman–Crippen LogP) is 4.11. The molecule has 1 aliphatic heterocycles. The summed E-state index contributed by atoms with van der Waals surface area (Å²) in [5.41, 5.74) is 2.66. The van der Waals surface area contributed by atoms with Crippen LogP contribution >= 0.6 is 53.2 Å². The maximum absolute atomic E-state index is 11.5. The zero-order valence-corrected chi connectivity index (χ0v) is 18.7. The Bertz CT molecular complexity index is 622. The highest BCUT2D eigenvalue weighted by molar-refractivity contribution is 14.2. The van der Waals surface area contributed by atoms with Gasteiger partial charge in [-0.1, -0.05) is 45.2 Å². The summed E-state index contributed by atoms with van der Waals surface area (Å²) in [5, 5.41) is 17.9. The Morgan fingerprint density at radius 1 is 1.21 bits per heavy atom. The molecule has 24 heavy (non-hydrogen) atoms. The van der Waals surface area contributed by atoms with E-state index in [0.29, 0.717) is 31.9 Å². The van der Waals surface area contributed by atoms with Gasteiger partial charge in [0.2, 0.25) is 8.03 Å². The van der Waals surface area contributed by atoms with Crippen molar-refractivity contribution in [2.24, 2.45) is 0 Å². The molecule has 130 valence electrons. The molecule has 1 atom stereocenters. The van der Waals surface area contributed by atoms with Gasteiger partial charge < -0.3 is 14.2 Å². The van der Waals surface area contributed by atoms with E-state index in [1.54, 1.807) is 0 Å². The Hall–Kier alpha value is -0.390. The largest absolute Gasteiger partial charge is 0.377 e. The quantitative estimate of drug-likeness (QED) is 0.143. The van der Waals surface area contributed by atoms with Crippen LogP contribution < -0.4 is 0 Å². The summed E-state index contributed by atoms with van der Waals surface area (Å²) >= 11 is 4.15. The minimum atomic E-state index is -1.99. The molecule has 0 aromatic carbocycles. The van der Waals surface area contributed by atoms with Gasteiger partial charge in [-0.05, 0) is 26.0 Å². The number of nitrogens with zero attached hydrogens (tertiary/aromatic N) is 3. The molecule has 0 spiro atoms. The van der Waals surface area contributed by atoms with Crippen molar-refractivity contribution >= 4 is 53.2 Å². The first-order chi connectivity index (χ1) is 11.4. The number of allylic oxidation sites excluding steroid dienone is 6.